The first-order valence-electron chi connectivity index (χ1n) is 5.28. The third-order valence-electron chi connectivity index (χ3n) is 2.90. The monoisotopic (exact) mass is 302 g/mol. The van der Waals surface area contributed by atoms with Gasteiger partial charge in [-0.3, -0.25) is 4.79 Å². The van der Waals surface area contributed by atoms with Crippen molar-refractivity contribution in [3.05, 3.63) is 22.2 Å². The Morgan fingerprint density at radius 2 is 2.17 bits per heavy atom. The summed E-state index contributed by atoms with van der Waals surface area (Å²) >= 11 is 13.5. The molecular formula is C11H8Cl2N2O2S. The van der Waals surface area contributed by atoms with Gasteiger partial charge < -0.3 is 10.0 Å². The molecule has 1 saturated heterocycles. The Bertz CT molecular complexity index is 637. The number of carboxylic acids is 1. The van der Waals surface area contributed by atoms with Crippen LogP contribution in [-0.2, 0) is 4.79 Å². The van der Waals surface area contributed by atoms with Crippen molar-refractivity contribution in [3.8, 4) is 0 Å². The highest BCUT2D eigenvalue weighted by Crippen LogP contribution is 2.37. The van der Waals surface area contributed by atoms with Gasteiger partial charge in [-0.25, -0.2) is 4.98 Å². The summed E-state index contributed by atoms with van der Waals surface area (Å²) in [5.41, 5.74) is 0.722. The third-order valence-corrected chi connectivity index (χ3v) is 4.47. The number of rotatable bonds is 2. The van der Waals surface area contributed by atoms with Gasteiger partial charge in [-0.15, -0.1) is 0 Å². The lowest BCUT2D eigenvalue weighted by Gasteiger charge is -2.36. The highest BCUT2D eigenvalue weighted by molar-refractivity contribution is 7.22. The van der Waals surface area contributed by atoms with Crippen LogP contribution in [0.2, 0.25) is 10.0 Å². The Kier molecular flexibility index (Phi) is 2.84. The van der Waals surface area contributed by atoms with Crippen LogP contribution in [0.1, 0.15) is 0 Å². The number of hydrogen-bond acceptors (Lipinski definition) is 4. The van der Waals surface area contributed by atoms with E-state index in [1.165, 1.54) is 11.3 Å². The van der Waals surface area contributed by atoms with Crippen molar-refractivity contribution in [1.29, 1.82) is 0 Å². The largest absolute Gasteiger partial charge is 0.481 e. The molecule has 1 fully saturated rings. The van der Waals surface area contributed by atoms with E-state index in [4.69, 9.17) is 28.3 Å². The van der Waals surface area contributed by atoms with Gasteiger partial charge in [-0.2, -0.15) is 0 Å². The van der Waals surface area contributed by atoms with Crippen molar-refractivity contribution in [2.75, 3.05) is 18.0 Å². The number of aliphatic carboxylic acids is 1. The molecule has 7 heteroatoms. The van der Waals surface area contributed by atoms with Gasteiger partial charge in [0.2, 0.25) is 0 Å². The van der Waals surface area contributed by atoms with Gasteiger partial charge in [-0.1, -0.05) is 34.5 Å². The molecule has 2 heterocycles. The molecule has 18 heavy (non-hydrogen) atoms. The maximum atomic E-state index is 10.7. The number of hydrogen-bond donors (Lipinski definition) is 1. The van der Waals surface area contributed by atoms with E-state index in [1.807, 2.05) is 11.0 Å². The summed E-state index contributed by atoms with van der Waals surface area (Å²) in [5.74, 6) is -1.05. The van der Waals surface area contributed by atoms with Crippen LogP contribution in [0.15, 0.2) is 12.1 Å². The number of nitrogens with zero attached hydrogens (tertiary/aromatic N) is 2. The number of anilines is 1. The first-order chi connectivity index (χ1) is 8.54. The molecule has 2 aromatic rings. The van der Waals surface area contributed by atoms with E-state index in [9.17, 15) is 4.79 Å². The second-order valence-corrected chi connectivity index (χ2v) is 6.02. The maximum Gasteiger partial charge on any atom is 0.310 e. The van der Waals surface area contributed by atoms with Gasteiger partial charge in [0.25, 0.3) is 0 Å². The molecule has 0 spiro atoms. The minimum atomic E-state index is -0.756. The zero-order valence-corrected chi connectivity index (χ0v) is 11.4. The quantitative estimate of drug-likeness (QED) is 0.926. The Hall–Kier alpha value is -1.04. The van der Waals surface area contributed by atoms with Crippen molar-refractivity contribution >= 4 is 55.9 Å². The van der Waals surface area contributed by atoms with Crippen molar-refractivity contribution in [2.45, 2.75) is 0 Å². The molecule has 1 aromatic carbocycles. The minimum absolute atomic E-state index is 0.295. The van der Waals surface area contributed by atoms with Crippen LogP contribution in [0.5, 0.6) is 0 Å². The van der Waals surface area contributed by atoms with Crippen molar-refractivity contribution < 1.29 is 9.90 Å². The molecule has 1 aliphatic heterocycles. The molecule has 0 atom stereocenters. The molecule has 1 aromatic heterocycles. The molecule has 0 aliphatic carbocycles. The fraction of sp³-hybridized carbons (Fsp3) is 0.273. The molecule has 4 nitrogen and oxygen atoms in total. The summed E-state index contributed by atoms with van der Waals surface area (Å²) in [6.45, 7) is 1.00. The lowest BCUT2D eigenvalue weighted by Crippen LogP contribution is -2.50. The number of carboxylic acid groups (broad SMARTS) is 1. The van der Waals surface area contributed by atoms with Gasteiger partial charge in [0.05, 0.1) is 15.6 Å². The minimum Gasteiger partial charge on any atom is -0.481 e. The Morgan fingerprint density at radius 1 is 1.44 bits per heavy atom. The van der Waals surface area contributed by atoms with Gasteiger partial charge in [0.15, 0.2) is 5.13 Å². The van der Waals surface area contributed by atoms with E-state index in [-0.39, 0.29) is 5.92 Å². The van der Waals surface area contributed by atoms with E-state index in [1.54, 1.807) is 6.07 Å². The molecule has 3 rings (SSSR count). The molecule has 0 amide bonds. The average Bonchev–Trinajstić information content (AvgIpc) is 2.58. The van der Waals surface area contributed by atoms with Crippen LogP contribution in [0.4, 0.5) is 5.13 Å². The highest BCUT2D eigenvalue weighted by Gasteiger charge is 2.34. The summed E-state index contributed by atoms with van der Waals surface area (Å²) in [6, 6.07) is 3.48. The second-order valence-electron chi connectivity index (χ2n) is 4.17. The summed E-state index contributed by atoms with van der Waals surface area (Å²) in [6.07, 6.45) is 0. The predicted octanol–water partition coefficient (Wildman–Crippen LogP) is 3.12. The number of fused-ring (bicyclic) bond motifs is 1. The van der Waals surface area contributed by atoms with Crippen LogP contribution in [0.3, 0.4) is 0 Å². The molecule has 1 N–H and O–H groups in total. The fourth-order valence-corrected chi connectivity index (χ4v) is 3.58. The van der Waals surface area contributed by atoms with Gasteiger partial charge in [-0.05, 0) is 12.1 Å². The summed E-state index contributed by atoms with van der Waals surface area (Å²) in [4.78, 5) is 17.1. The summed E-state index contributed by atoms with van der Waals surface area (Å²) in [7, 11) is 0. The lowest BCUT2D eigenvalue weighted by atomic mass is 10.0. The van der Waals surface area contributed by atoms with Crippen molar-refractivity contribution in [1.82, 2.24) is 4.98 Å². The van der Waals surface area contributed by atoms with Gasteiger partial charge in [0, 0.05) is 18.1 Å². The normalized spacial score (nSPS) is 16.0. The fourth-order valence-electron chi connectivity index (χ4n) is 1.87. The van der Waals surface area contributed by atoms with Crippen LogP contribution < -0.4 is 4.90 Å². The number of halogens is 2. The van der Waals surface area contributed by atoms with Crippen LogP contribution in [0.25, 0.3) is 10.2 Å². The summed E-state index contributed by atoms with van der Waals surface area (Å²) in [5, 5.41) is 10.7. The van der Waals surface area contributed by atoms with Crippen LogP contribution in [0, 0.1) is 5.92 Å². The lowest BCUT2D eigenvalue weighted by molar-refractivity contribution is -0.142. The van der Waals surface area contributed by atoms with Crippen molar-refractivity contribution in [2.24, 2.45) is 5.92 Å². The van der Waals surface area contributed by atoms with Gasteiger partial charge in [0.1, 0.15) is 5.52 Å². The number of thiazole rings is 1. The highest BCUT2D eigenvalue weighted by atomic mass is 35.5. The zero-order chi connectivity index (χ0) is 12.9. The predicted molar refractivity (Wildman–Crippen MR) is 73.0 cm³/mol. The molecule has 1 aliphatic rings. The Labute approximate surface area is 117 Å². The average molecular weight is 303 g/mol. The van der Waals surface area contributed by atoms with E-state index in [0.717, 1.165) is 15.3 Å². The molecule has 0 unspecified atom stereocenters. The van der Waals surface area contributed by atoms with Gasteiger partial charge >= 0.3 is 5.97 Å². The summed E-state index contributed by atoms with van der Waals surface area (Å²) < 4.78 is 0.918. The SMILES string of the molecule is O=C(O)C1CN(c2nc3c(Cl)cc(Cl)cc3s2)C1. The molecule has 0 saturated carbocycles. The zero-order valence-electron chi connectivity index (χ0n) is 9.06. The number of carbonyl (C=O) groups is 1. The first kappa shape index (κ1) is 12.0. The number of aromatic nitrogens is 1. The molecule has 0 radical (unpaired) electrons. The molecule has 0 bridgehead atoms. The first-order valence-corrected chi connectivity index (χ1v) is 6.85. The van der Waals surface area contributed by atoms with Crippen molar-refractivity contribution in [3.63, 3.8) is 0 Å². The second kappa shape index (κ2) is 4.26. The smallest absolute Gasteiger partial charge is 0.310 e. The molecule has 94 valence electrons. The standard InChI is InChI=1S/C11H8Cl2N2O2S/c12-6-1-7(13)9-8(2-6)18-11(14-9)15-3-5(4-15)10(16)17/h1-2,5H,3-4H2,(H,16,17). The Morgan fingerprint density at radius 3 is 2.83 bits per heavy atom. The topological polar surface area (TPSA) is 53.4 Å². The third kappa shape index (κ3) is 1.92. The van der Waals surface area contributed by atoms with E-state index in [2.05, 4.69) is 4.98 Å². The Balaban J connectivity index is 1.91. The maximum absolute atomic E-state index is 10.7. The number of benzene rings is 1. The van der Waals surface area contributed by atoms with Crippen LogP contribution >= 0.6 is 34.5 Å². The van der Waals surface area contributed by atoms with E-state index in [0.29, 0.717) is 23.1 Å². The molecular weight excluding hydrogens is 295 g/mol. The van der Waals surface area contributed by atoms with Crippen LogP contribution in [-0.4, -0.2) is 29.1 Å². The van der Waals surface area contributed by atoms with E-state index < -0.39 is 5.97 Å². The van der Waals surface area contributed by atoms with E-state index >= 15 is 0 Å².